The first-order valence-electron chi connectivity index (χ1n) is 6.68. The second-order valence-corrected chi connectivity index (χ2v) is 6.22. The van der Waals surface area contributed by atoms with E-state index >= 15 is 0 Å². The minimum atomic E-state index is -4.19. The Hall–Kier alpha value is -3.04. The van der Waals surface area contributed by atoms with Crippen molar-refractivity contribution in [1.82, 2.24) is 0 Å². The van der Waals surface area contributed by atoms with Gasteiger partial charge in [0.25, 0.3) is 0 Å². The molecule has 0 aliphatic rings. The van der Waals surface area contributed by atoms with Gasteiger partial charge >= 0.3 is 10.3 Å². The summed E-state index contributed by atoms with van der Waals surface area (Å²) in [5.74, 6) is -0.126. The highest BCUT2D eigenvalue weighted by atomic mass is 32.2. The summed E-state index contributed by atoms with van der Waals surface area (Å²) < 4.78 is 31.9. The molecule has 0 amide bonds. The summed E-state index contributed by atoms with van der Waals surface area (Å²) in [4.78, 5) is 12.6. The van der Waals surface area contributed by atoms with E-state index in [0.717, 1.165) is 0 Å². The van der Waals surface area contributed by atoms with Crippen molar-refractivity contribution in [3.05, 3.63) is 52.9 Å². The maximum atomic E-state index is 12.6. The van der Waals surface area contributed by atoms with Crippen LogP contribution in [0, 0.1) is 0 Å². The third-order valence-electron chi connectivity index (χ3n) is 3.33. The zero-order valence-electron chi connectivity index (χ0n) is 12.2. The van der Waals surface area contributed by atoms with E-state index < -0.39 is 10.3 Å². The molecule has 0 saturated heterocycles. The van der Waals surface area contributed by atoms with Gasteiger partial charge in [0.15, 0.2) is 11.2 Å². The van der Waals surface area contributed by atoms with Crippen LogP contribution in [-0.4, -0.2) is 8.42 Å². The van der Waals surface area contributed by atoms with Crippen molar-refractivity contribution in [2.24, 2.45) is 5.14 Å². The van der Waals surface area contributed by atoms with Gasteiger partial charge in [0.2, 0.25) is 0 Å². The van der Waals surface area contributed by atoms with Crippen molar-refractivity contribution in [2.45, 2.75) is 0 Å². The lowest BCUT2D eigenvalue weighted by molar-refractivity contribution is 0.489. The molecule has 124 valence electrons. The number of nitrogens with two attached hydrogens (primary N) is 3. The number of hydrogen-bond acceptors (Lipinski definition) is 7. The number of hydrogen-bond donors (Lipinski definition) is 3. The topological polar surface area (TPSA) is 152 Å². The van der Waals surface area contributed by atoms with Gasteiger partial charge in [-0.15, -0.1) is 0 Å². The van der Waals surface area contributed by atoms with Crippen molar-refractivity contribution in [2.75, 3.05) is 11.5 Å². The first-order valence-corrected chi connectivity index (χ1v) is 8.15. The Bertz CT molecular complexity index is 1110. The van der Waals surface area contributed by atoms with Crippen LogP contribution in [0.4, 0.5) is 11.4 Å². The number of fused-ring (bicyclic) bond motifs is 1. The lowest BCUT2D eigenvalue weighted by atomic mass is 10.0. The second kappa shape index (κ2) is 5.55. The van der Waals surface area contributed by atoms with Gasteiger partial charge in [0.05, 0.1) is 16.6 Å². The fraction of sp³-hybridized carbons (Fsp3) is 0. The molecule has 0 spiro atoms. The minimum absolute atomic E-state index is 0.0123. The fourth-order valence-corrected chi connectivity index (χ4v) is 2.66. The highest BCUT2D eigenvalue weighted by Gasteiger charge is 2.13. The molecule has 3 rings (SSSR count). The van der Waals surface area contributed by atoms with E-state index in [2.05, 4.69) is 4.18 Å². The van der Waals surface area contributed by atoms with Crippen LogP contribution in [0.25, 0.3) is 22.1 Å². The third kappa shape index (κ3) is 3.03. The molecule has 1 aromatic heterocycles. The van der Waals surface area contributed by atoms with Crippen LogP contribution in [0.2, 0.25) is 0 Å². The first-order chi connectivity index (χ1) is 11.2. The highest BCUT2D eigenvalue weighted by molar-refractivity contribution is 7.84. The molecule has 0 bridgehead atoms. The van der Waals surface area contributed by atoms with Crippen LogP contribution in [0.15, 0.2) is 51.9 Å². The molecule has 0 saturated carbocycles. The molecular formula is C15H13N3O5S. The predicted molar refractivity (Wildman–Crippen MR) is 90.5 cm³/mol. The average molecular weight is 347 g/mol. The number of anilines is 2. The molecule has 0 atom stereocenters. The van der Waals surface area contributed by atoms with E-state index in [1.807, 2.05) is 0 Å². The van der Waals surface area contributed by atoms with Gasteiger partial charge in [-0.05, 0) is 29.8 Å². The lowest BCUT2D eigenvalue weighted by Crippen LogP contribution is -2.19. The zero-order chi connectivity index (χ0) is 17.5. The summed E-state index contributed by atoms with van der Waals surface area (Å²) in [5.41, 5.74) is 12.7. The maximum absolute atomic E-state index is 12.6. The van der Waals surface area contributed by atoms with Crippen LogP contribution >= 0.6 is 0 Å². The Morgan fingerprint density at radius 2 is 1.79 bits per heavy atom. The van der Waals surface area contributed by atoms with E-state index in [1.54, 1.807) is 18.2 Å². The molecular weight excluding hydrogens is 334 g/mol. The smallest absolute Gasteiger partial charge is 0.380 e. The Balaban J connectivity index is 2.11. The number of rotatable bonds is 3. The predicted octanol–water partition coefficient (Wildman–Crippen LogP) is 1.21. The molecule has 6 N–H and O–H groups in total. The number of nitrogen functional groups attached to an aromatic ring is 2. The van der Waals surface area contributed by atoms with Gasteiger partial charge in [0, 0.05) is 11.8 Å². The summed E-state index contributed by atoms with van der Waals surface area (Å²) in [7, 11) is -4.19. The van der Waals surface area contributed by atoms with Gasteiger partial charge in [-0.25, -0.2) is 0 Å². The highest BCUT2D eigenvalue weighted by Crippen LogP contribution is 2.29. The molecule has 0 aliphatic carbocycles. The molecule has 0 unspecified atom stereocenters. The monoisotopic (exact) mass is 347 g/mol. The number of benzene rings is 2. The van der Waals surface area contributed by atoms with Crippen molar-refractivity contribution in [3.8, 4) is 16.9 Å². The SMILES string of the molecule is Nc1ccc2c(=O)c(-c3ccc(OS(N)(=O)=O)c(N)c3)coc2c1. The summed E-state index contributed by atoms with van der Waals surface area (Å²) in [6.45, 7) is 0. The quantitative estimate of drug-likeness (QED) is 0.602. The molecule has 1 heterocycles. The first kappa shape index (κ1) is 15.8. The van der Waals surface area contributed by atoms with Crippen molar-refractivity contribution < 1.29 is 17.0 Å². The van der Waals surface area contributed by atoms with Crippen molar-refractivity contribution in [1.29, 1.82) is 0 Å². The summed E-state index contributed by atoms with van der Waals surface area (Å²) >= 11 is 0. The van der Waals surface area contributed by atoms with E-state index in [0.29, 0.717) is 22.2 Å². The zero-order valence-corrected chi connectivity index (χ0v) is 13.0. The largest absolute Gasteiger partial charge is 0.463 e. The summed E-state index contributed by atoms with van der Waals surface area (Å²) in [6, 6.07) is 8.91. The van der Waals surface area contributed by atoms with Gasteiger partial charge in [0.1, 0.15) is 11.8 Å². The fourth-order valence-electron chi connectivity index (χ4n) is 2.26. The van der Waals surface area contributed by atoms with Gasteiger partial charge in [-0.3, -0.25) is 4.79 Å². The average Bonchev–Trinajstić information content (AvgIpc) is 2.48. The van der Waals surface area contributed by atoms with Crippen LogP contribution in [0.1, 0.15) is 0 Å². The molecule has 0 radical (unpaired) electrons. The molecule has 0 aliphatic heterocycles. The Kier molecular flexibility index (Phi) is 3.66. The maximum Gasteiger partial charge on any atom is 0.380 e. The Morgan fingerprint density at radius 1 is 1.04 bits per heavy atom. The van der Waals surface area contributed by atoms with Crippen LogP contribution < -0.4 is 26.2 Å². The van der Waals surface area contributed by atoms with Crippen LogP contribution in [0.3, 0.4) is 0 Å². The molecule has 9 heteroatoms. The normalized spacial score (nSPS) is 11.5. The molecule has 3 aromatic rings. The van der Waals surface area contributed by atoms with Crippen LogP contribution in [0.5, 0.6) is 5.75 Å². The Labute approximate surface area is 136 Å². The van der Waals surface area contributed by atoms with Gasteiger partial charge in [-0.2, -0.15) is 13.6 Å². The lowest BCUT2D eigenvalue weighted by Gasteiger charge is -2.08. The van der Waals surface area contributed by atoms with E-state index in [-0.39, 0.29) is 22.4 Å². The van der Waals surface area contributed by atoms with Crippen molar-refractivity contribution in [3.63, 3.8) is 0 Å². The van der Waals surface area contributed by atoms with E-state index in [4.69, 9.17) is 21.0 Å². The molecule has 24 heavy (non-hydrogen) atoms. The molecule has 2 aromatic carbocycles. The third-order valence-corrected chi connectivity index (χ3v) is 3.74. The van der Waals surface area contributed by atoms with Crippen LogP contribution in [-0.2, 0) is 10.3 Å². The Morgan fingerprint density at radius 3 is 2.46 bits per heavy atom. The summed E-state index contributed by atoms with van der Waals surface area (Å²) in [6.07, 6.45) is 1.29. The molecule has 8 nitrogen and oxygen atoms in total. The standard InChI is InChI=1S/C15H13N3O5S/c16-9-2-3-10-14(6-9)22-7-11(15(10)19)8-1-4-13(12(17)5-8)23-24(18,20)21/h1-7H,16-17H2,(H2,18,20,21). The van der Waals surface area contributed by atoms with E-state index in [1.165, 1.54) is 24.5 Å². The summed E-state index contributed by atoms with van der Waals surface area (Å²) in [5, 5.41) is 5.17. The van der Waals surface area contributed by atoms with Gasteiger partial charge in [-0.1, -0.05) is 6.07 Å². The van der Waals surface area contributed by atoms with Crippen molar-refractivity contribution >= 4 is 32.6 Å². The second-order valence-electron chi connectivity index (χ2n) is 5.06. The molecule has 0 fully saturated rings. The van der Waals surface area contributed by atoms with Gasteiger partial charge < -0.3 is 20.1 Å². The minimum Gasteiger partial charge on any atom is -0.463 e. The van der Waals surface area contributed by atoms with E-state index in [9.17, 15) is 13.2 Å².